The summed E-state index contributed by atoms with van der Waals surface area (Å²) in [6, 6.07) is 4.14. The van der Waals surface area contributed by atoms with E-state index in [0.717, 1.165) is 31.3 Å². The Morgan fingerprint density at radius 2 is 1.90 bits per heavy atom. The predicted molar refractivity (Wildman–Crippen MR) is 116 cm³/mol. The molecule has 1 aliphatic rings. The van der Waals surface area contributed by atoms with Gasteiger partial charge in [0.1, 0.15) is 0 Å². The Bertz CT molecular complexity index is 804. The van der Waals surface area contributed by atoms with Crippen LogP contribution in [0.1, 0.15) is 65.3 Å². The van der Waals surface area contributed by atoms with E-state index in [2.05, 4.69) is 80.2 Å². The maximum Gasteiger partial charge on any atom is 0.221 e. The van der Waals surface area contributed by atoms with Crippen LogP contribution >= 0.6 is 0 Å². The lowest BCUT2D eigenvalue weighted by atomic mass is 9.70. The maximum atomic E-state index is 5.97. The molecule has 1 aliphatic carbocycles. The second kappa shape index (κ2) is 9.21. The number of aromatic nitrogens is 3. The van der Waals surface area contributed by atoms with Crippen molar-refractivity contribution >= 4 is 0 Å². The Morgan fingerprint density at radius 3 is 2.52 bits per heavy atom. The van der Waals surface area contributed by atoms with Crippen LogP contribution in [0.4, 0.5) is 0 Å². The van der Waals surface area contributed by atoms with E-state index in [4.69, 9.17) is 4.42 Å². The van der Waals surface area contributed by atoms with Crippen LogP contribution in [0.25, 0.3) is 0 Å². The van der Waals surface area contributed by atoms with Crippen LogP contribution in [0.2, 0.25) is 0 Å². The van der Waals surface area contributed by atoms with Crippen molar-refractivity contribution in [2.75, 3.05) is 6.54 Å². The van der Waals surface area contributed by atoms with E-state index >= 15 is 0 Å². The van der Waals surface area contributed by atoms with Crippen molar-refractivity contribution in [1.29, 1.82) is 0 Å². The van der Waals surface area contributed by atoms with E-state index in [-0.39, 0.29) is 5.41 Å². The second-order valence-electron chi connectivity index (χ2n) is 9.86. The van der Waals surface area contributed by atoms with Gasteiger partial charge in [0.25, 0.3) is 0 Å². The SMILES string of the molecule is CC1=C[C@@H](CNCc2ccncc2)[C@H](C(C)C)C[C@H]1Cc1nnc(C(C)(C)C)o1. The molecule has 0 fully saturated rings. The molecule has 0 unspecified atom stereocenters. The van der Waals surface area contributed by atoms with Crippen molar-refractivity contribution in [2.45, 2.75) is 66.3 Å². The number of hydrogen-bond acceptors (Lipinski definition) is 5. The van der Waals surface area contributed by atoms with Gasteiger partial charge in [-0.3, -0.25) is 4.98 Å². The number of hydrogen-bond donors (Lipinski definition) is 1. The van der Waals surface area contributed by atoms with Gasteiger partial charge in [0.05, 0.1) is 0 Å². The summed E-state index contributed by atoms with van der Waals surface area (Å²) in [7, 11) is 0. The molecule has 5 nitrogen and oxygen atoms in total. The molecule has 2 aromatic heterocycles. The number of pyridine rings is 1. The lowest BCUT2D eigenvalue weighted by Crippen LogP contribution is -2.34. The zero-order valence-corrected chi connectivity index (χ0v) is 18.8. The van der Waals surface area contributed by atoms with E-state index in [0.29, 0.717) is 23.7 Å². The fourth-order valence-electron chi connectivity index (χ4n) is 4.24. The highest BCUT2D eigenvalue weighted by molar-refractivity contribution is 5.15. The van der Waals surface area contributed by atoms with Crippen LogP contribution in [-0.4, -0.2) is 21.7 Å². The zero-order valence-electron chi connectivity index (χ0n) is 18.8. The first-order valence-electron chi connectivity index (χ1n) is 10.8. The second-order valence-corrected chi connectivity index (χ2v) is 9.86. The molecule has 2 aromatic rings. The molecule has 0 aromatic carbocycles. The van der Waals surface area contributed by atoms with E-state index < -0.39 is 0 Å². The number of nitrogens with one attached hydrogen (secondary N) is 1. The quantitative estimate of drug-likeness (QED) is 0.671. The van der Waals surface area contributed by atoms with Crippen LogP contribution < -0.4 is 5.32 Å². The highest BCUT2D eigenvalue weighted by Crippen LogP contribution is 2.38. The molecule has 3 rings (SSSR count). The minimum Gasteiger partial charge on any atom is -0.425 e. The third kappa shape index (κ3) is 5.75. The Hall–Kier alpha value is -2.01. The van der Waals surface area contributed by atoms with Crippen LogP contribution in [0.5, 0.6) is 0 Å². The summed E-state index contributed by atoms with van der Waals surface area (Å²) < 4.78 is 5.97. The Morgan fingerprint density at radius 1 is 1.17 bits per heavy atom. The summed E-state index contributed by atoms with van der Waals surface area (Å²) in [5, 5.41) is 12.2. The first kappa shape index (κ1) is 21.7. The smallest absolute Gasteiger partial charge is 0.221 e. The van der Waals surface area contributed by atoms with Crippen LogP contribution in [0, 0.1) is 23.7 Å². The molecule has 5 heteroatoms. The third-order valence-corrected chi connectivity index (χ3v) is 6.07. The van der Waals surface area contributed by atoms with E-state index in [9.17, 15) is 0 Å². The van der Waals surface area contributed by atoms with Crippen molar-refractivity contribution in [3.8, 4) is 0 Å². The summed E-state index contributed by atoms with van der Waals surface area (Å²) in [6.07, 6.45) is 8.21. The molecule has 0 bridgehead atoms. The summed E-state index contributed by atoms with van der Waals surface area (Å²) in [5.74, 6) is 3.82. The average Bonchev–Trinajstić information content (AvgIpc) is 3.13. The fourth-order valence-corrected chi connectivity index (χ4v) is 4.24. The topological polar surface area (TPSA) is 63.8 Å². The standard InChI is InChI=1S/C24H36N4O/c1-16(2)21-12-19(13-22-27-28-23(29-22)24(4,5)6)17(3)11-20(21)15-26-14-18-7-9-25-10-8-18/h7-11,16,19-21,26H,12-15H2,1-6H3/t19-,20-,21-/m0/s1. The van der Waals surface area contributed by atoms with Crippen molar-refractivity contribution in [1.82, 2.24) is 20.5 Å². The van der Waals surface area contributed by atoms with Gasteiger partial charge in [0.15, 0.2) is 0 Å². The molecule has 0 spiro atoms. The van der Waals surface area contributed by atoms with Gasteiger partial charge in [-0.1, -0.05) is 46.3 Å². The molecule has 2 heterocycles. The van der Waals surface area contributed by atoms with Gasteiger partial charge in [-0.2, -0.15) is 0 Å². The Labute approximate surface area is 175 Å². The minimum atomic E-state index is -0.102. The summed E-state index contributed by atoms with van der Waals surface area (Å²) >= 11 is 0. The Balaban J connectivity index is 1.64. The van der Waals surface area contributed by atoms with Crippen LogP contribution in [0.3, 0.4) is 0 Å². The molecule has 29 heavy (non-hydrogen) atoms. The van der Waals surface area contributed by atoms with Gasteiger partial charge in [0, 0.05) is 37.3 Å². The number of allylic oxidation sites excluding steroid dienone is 1. The van der Waals surface area contributed by atoms with Gasteiger partial charge < -0.3 is 9.73 Å². The van der Waals surface area contributed by atoms with Crippen LogP contribution in [0.15, 0.2) is 40.6 Å². The first-order valence-corrected chi connectivity index (χ1v) is 10.8. The molecule has 158 valence electrons. The van der Waals surface area contributed by atoms with Gasteiger partial charge in [-0.05, 0) is 54.7 Å². The van der Waals surface area contributed by atoms with Crippen LogP contribution in [-0.2, 0) is 18.4 Å². The highest BCUT2D eigenvalue weighted by Gasteiger charge is 2.32. The van der Waals surface area contributed by atoms with Crippen molar-refractivity contribution in [3.63, 3.8) is 0 Å². The number of nitrogens with zero attached hydrogens (tertiary/aromatic N) is 3. The van der Waals surface area contributed by atoms with Gasteiger partial charge in [-0.15, -0.1) is 10.2 Å². The lowest BCUT2D eigenvalue weighted by Gasteiger charge is -2.37. The fraction of sp³-hybridized carbons (Fsp3) is 0.625. The molecule has 0 saturated carbocycles. The molecular weight excluding hydrogens is 360 g/mol. The Kier molecular flexibility index (Phi) is 6.89. The monoisotopic (exact) mass is 396 g/mol. The minimum absolute atomic E-state index is 0.102. The van der Waals surface area contributed by atoms with Crippen molar-refractivity contribution < 1.29 is 4.42 Å². The molecule has 0 radical (unpaired) electrons. The predicted octanol–water partition coefficient (Wildman–Crippen LogP) is 4.95. The van der Waals surface area contributed by atoms with Crippen molar-refractivity contribution in [3.05, 3.63) is 53.5 Å². The van der Waals surface area contributed by atoms with Crippen molar-refractivity contribution in [2.24, 2.45) is 23.7 Å². The molecule has 1 N–H and O–H groups in total. The molecule has 0 aliphatic heterocycles. The summed E-state index contributed by atoms with van der Waals surface area (Å²) in [5.41, 5.74) is 2.63. The third-order valence-electron chi connectivity index (χ3n) is 6.07. The van der Waals surface area contributed by atoms with E-state index in [1.165, 1.54) is 17.6 Å². The molecule has 3 atom stereocenters. The summed E-state index contributed by atoms with van der Waals surface area (Å²) in [4.78, 5) is 4.09. The normalized spacial score (nSPS) is 22.7. The molecular formula is C24H36N4O. The molecule has 0 saturated heterocycles. The summed E-state index contributed by atoms with van der Waals surface area (Å²) in [6.45, 7) is 15.2. The zero-order chi connectivity index (χ0) is 21.0. The van der Waals surface area contributed by atoms with E-state index in [1.54, 1.807) is 0 Å². The van der Waals surface area contributed by atoms with Gasteiger partial charge >= 0.3 is 0 Å². The maximum absolute atomic E-state index is 5.97. The number of rotatable bonds is 7. The first-order chi connectivity index (χ1) is 13.7. The highest BCUT2D eigenvalue weighted by atomic mass is 16.4. The molecule has 0 amide bonds. The largest absolute Gasteiger partial charge is 0.425 e. The van der Waals surface area contributed by atoms with Gasteiger partial charge in [-0.25, -0.2) is 0 Å². The van der Waals surface area contributed by atoms with E-state index in [1.807, 2.05) is 12.4 Å². The van der Waals surface area contributed by atoms with Gasteiger partial charge in [0.2, 0.25) is 11.8 Å². The lowest BCUT2D eigenvalue weighted by molar-refractivity contribution is 0.217. The average molecular weight is 397 g/mol.